The number of piperazine rings is 1. The summed E-state index contributed by atoms with van der Waals surface area (Å²) in [6.07, 6.45) is 4.10. The first-order valence-corrected chi connectivity index (χ1v) is 12.5. The number of hydrogen-bond donors (Lipinski definition) is 0. The van der Waals surface area contributed by atoms with Crippen LogP contribution in [-0.4, -0.2) is 76.5 Å². The van der Waals surface area contributed by atoms with Crippen LogP contribution in [0.2, 0.25) is 0 Å². The normalized spacial score (nSPS) is 15.0. The van der Waals surface area contributed by atoms with Crippen molar-refractivity contribution in [2.24, 2.45) is 0 Å². The Hall–Kier alpha value is -4.41. The van der Waals surface area contributed by atoms with E-state index in [1.165, 1.54) is 0 Å². The SMILES string of the molecule is CC[C@@H](C(=O)N1CCN(c2ncccn2)CC1)n1c2ccccc2c2nnc(-n3nc(C)cc3C)nc21. The van der Waals surface area contributed by atoms with Crippen LogP contribution < -0.4 is 4.90 Å². The van der Waals surface area contributed by atoms with E-state index >= 15 is 0 Å². The lowest BCUT2D eigenvalue weighted by Crippen LogP contribution is -2.51. The zero-order valence-corrected chi connectivity index (χ0v) is 21.1. The molecule has 1 atom stereocenters. The molecule has 1 amide bonds. The van der Waals surface area contributed by atoms with Crippen LogP contribution in [0.25, 0.3) is 28.0 Å². The highest BCUT2D eigenvalue weighted by Crippen LogP contribution is 2.32. The van der Waals surface area contributed by atoms with Gasteiger partial charge in [-0.25, -0.2) is 14.6 Å². The summed E-state index contributed by atoms with van der Waals surface area (Å²) in [5.74, 6) is 1.16. The molecule has 1 saturated heterocycles. The van der Waals surface area contributed by atoms with Gasteiger partial charge in [0.15, 0.2) is 5.65 Å². The smallest absolute Gasteiger partial charge is 0.272 e. The Morgan fingerprint density at radius 2 is 1.73 bits per heavy atom. The molecule has 5 heterocycles. The second-order valence-electron chi connectivity index (χ2n) is 9.30. The summed E-state index contributed by atoms with van der Waals surface area (Å²) in [6.45, 7) is 8.51. The average molecular weight is 497 g/mol. The minimum Gasteiger partial charge on any atom is -0.337 e. The van der Waals surface area contributed by atoms with Crippen molar-refractivity contribution in [2.75, 3.05) is 31.1 Å². The number of para-hydroxylation sites is 1. The van der Waals surface area contributed by atoms with E-state index in [1.807, 2.05) is 60.6 Å². The molecule has 1 aromatic carbocycles. The van der Waals surface area contributed by atoms with Crippen LogP contribution in [0.15, 0.2) is 48.8 Å². The highest BCUT2D eigenvalue weighted by molar-refractivity contribution is 6.05. The van der Waals surface area contributed by atoms with Gasteiger partial charge in [-0.05, 0) is 38.5 Å². The van der Waals surface area contributed by atoms with Crippen LogP contribution in [0.1, 0.15) is 30.8 Å². The van der Waals surface area contributed by atoms with Gasteiger partial charge in [0, 0.05) is 49.7 Å². The Morgan fingerprint density at radius 3 is 2.43 bits per heavy atom. The molecule has 5 aromatic rings. The number of carbonyl (C=O) groups excluding carboxylic acids is 1. The maximum absolute atomic E-state index is 13.9. The lowest BCUT2D eigenvalue weighted by atomic mass is 10.1. The van der Waals surface area contributed by atoms with Gasteiger partial charge in [0.2, 0.25) is 11.9 Å². The summed E-state index contributed by atoms with van der Waals surface area (Å²) in [7, 11) is 0. The summed E-state index contributed by atoms with van der Waals surface area (Å²) < 4.78 is 3.72. The summed E-state index contributed by atoms with van der Waals surface area (Å²) >= 11 is 0. The van der Waals surface area contributed by atoms with Crippen molar-refractivity contribution in [3.8, 4) is 5.95 Å². The van der Waals surface area contributed by atoms with Crippen molar-refractivity contribution in [1.82, 2.24) is 44.4 Å². The number of anilines is 1. The van der Waals surface area contributed by atoms with Crippen LogP contribution in [-0.2, 0) is 4.79 Å². The molecule has 0 radical (unpaired) electrons. The fourth-order valence-corrected chi connectivity index (χ4v) is 5.15. The topological polar surface area (TPSA) is 111 Å². The van der Waals surface area contributed by atoms with E-state index in [2.05, 4.69) is 30.2 Å². The lowest BCUT2D eigenvalue weighted by Gasteiger charge is -2.36. The van der Waals surface area contributed by atoms with Crippen molar-refractivity contribution in [3.05, 3.63) is 60.2 Å². The number of aromatic nitrogens is 8. The third-order valence-electron chi connectivity index (χ3n) is 6.91. The summed E-state index contributed by atoms with van der Waals surface area (Å²) in [4.78, 5) is 31.6. The third-order valence-corrected chi connectivity index (χ3v) is 6.91. The van der Waals surface area contributed by atoms with Crippen LogP contribution in [0.3, 0.4) is 0 Å². The monoisotopic (exact) mass is 496 g/mol. The highest BCUT2D eigenvalue weighted by atomic mass is 16.2. The Labute approximate surface area is 213 Å². The summed E-state index contributed by atoms with van der Waals surface area (Å²) in [5.41, 5.74) is 4.03. The van der Waals surface area contributed by atoms with Gasteiger partial charge in [0.1, 0.15) is 11.6 Å². The molecule has 4 aromatic heterocycles. The Balaban J connectivity index is 1.38. The van der Waals surface area contributed by atoms with Gasteiger partial charge in [-0.15, -0.1) is 10.2 Å². The van der Waals surface area contributed by atoms with Crippen LogP contribution in [0.5, 0.6) is 0 Å². The van der Waals surface area contributed by atoms with E-state index in [0.29, 0.717) is 55.7 Å². The number of benzene rings is 1. The molecule has 1 aliphatic rings. The molecule has 11 nitrogen and oxygen atoms in total. The fraction of sp³-hybridized carbons (Fsp3) is 0.346. The second kappa shape index (κ2) is 9.23. The zero-order chi connectivity index (χ0) is 25.5. The van der Waals surface area contributed by atoms with Crippen molar-refractivity contribution in [3.63, 3.8) is 0 Å². The molecule has 6 rings (SSSR count). The molecule has 0 bridgehead atoms. The molecule has 0 unspecified atom stereocenters. The molecule has 0 spiro atoms. The number of hydrogen-bond acceptors (Lipinski definition) is 8. The molecule has 0 saturated carbocycles. The maximum Gasteiger partial charge on any atom is 0.272 e. The first kappa shape index (κ1) is 23.0. The molecule has 1 aliphatic heterocycles. The molecular formula is C26H28N10O. The summed E-state index contributed by atoms with van der Waals surface area (Å²) in [5, 5.41) is 14.4. The van der Waals surface area contributed by atoms with Crippen LogP contribution >= 0.6 is 0 Å². The maximum atomic E-state index is 13.9. The predicted molar refractivity (Wildman–Crippen MR) is 140 cm³/mol. The minimum atomic E-state index is -0.424. The number of nitrogens with zero attached hydrogens (tertiary/aromatic N) is 10. The van der Waals surface area contributed by atoms with Crippen molar-refractivity contribution >= 4 is 33.9 Å². The van der Waals surface area contributed by atoms with Gasteiger partial charge in [-0.2, -0.15) is 10.1 Å². The number of fused-ring (bicyclic) bond motifs is 3. The van der Waals surface area contributed by atoms with E-state index < -0.39 is 6.04 Å². The van der Waals surface area contributed by atoms with E-state index in [-0.39, 0.29) is 5.91 Å². The van der Waals surface area contributed by atoms with Crippen molar-refractivity contribution in [2.45, 2.75) is 33.2 Å². The largest absolute Gasteiger partial charge is 0.337 e. The summed E-state index contributed by atoms with van der Waals surface area (Å²) in [6, 6.07) is 11.3. The molecule has 37 heavy (non-hydrogen) atoms. The number of carbonyl (C=O) groups is 1. The molecule has 1 fully saturated rings. The lowest BCUT2D eigenvalue weighted by molar-refractivity contribution is -0.135. The Bertz CT molecular complexity index is 1580. The number of rotatable bonds is 5. The van der Waals surface area contributed by atoms with E-state index in [1.54, 1.807) is 23.1 Å². The Kier molecular flexibility index (Phi) is 5.74. The van der Waals surface area contributed by atoms with Gasteiger partial charge in [-0.1, -0.05) is 25.1 Å². The molecule has 0 aliphatic carbocycles. The predicted octanol–water partition coefficient (Wildman–Crippen LogP) is 2.87. The molecule has 11 heteroatoms. The molecular weight excluding hydrogens is 468 g/mol. The quantitative estimate of drug-likeness (QED) is 0.365. The second-order valence-corrected chi connectivity index (χ2v) is 9.30. The minimum absolute atomic E-state index is 0.0741. The average Bonchev–Trinajstić information content (AvgIpc) is 3.45. The number of aryl methyl sites for hydroxylation is 2. The van der Waals surface area contributed by atoms with Gasteiger partial charge in [-0.3, -0.25) is 4.79 Å². The van der Waals surface area contributed by atoms with E-state index in [0.717, 1.165) is 22.3 Å². The van der Waals surface area contributed by atoms with E-state index in [9.17, 15) is 4.79 Å². The van der Waals surface area contributed by atoms with Crippen LogP contribution in [0.4, 0.5) is 5.95 Å². The standard InChI is InChI=1S/C26H28N10O/c1-4-20(24(37)33-12-14-34(15-13-33)25-27-10-7-11-28-25)35-21-9-6-5-8-19(21)22-23(35)29-26(31-30-22)36-18(3)16-17(2)32-36/h5-11,16,20H,4,12-15H2,1-3H3/t20-/m0/s1. The van der Waals surface area contributed by atoms with Crippen molar-refractivity contribution in [1.29, 1.82) is 0 Å². The van der Waals surface area contributed by atoms with E-state index in [4.69, 9.17) is 4.98 Å². The van der Waals surface area contributed by atoms with Crippen LogP contribution in [0, 0.1) is 13.8 Å². The van der Waals surface area contributed by atoms with Gasteiger partial charge in [0.25, 0.3) is 5.95 Å². The first-order chi connectivity index (χ1) is 18.0. The highest BCUT2D eigenvalue weighted by Gasteiger charge is 2.31. The molecule has 188 valence electrons. The number of amides is 1. The first-order valence-electron chi connectivity index (χ1n) is 12.5. The van der Waals surface area contributed by atoms with Gasteiger partial charge < -0.3 is 14.4 Å². The molecule has 0 N–H and O–H groups in total. The third kappa shape index (κ3) is 3.96. The Morgan fingerprint density at radius 1 is 0.973 bits per heavy atom. The van der Waals surface area contributed by atoms with Gasteiger partial charge in [0.05, 0.1) is 11.2 Å². The zero-order valence-electron chi connectivity index (χ0n) is 21.1. The fourth-order valence-electron chi connectivity index (χ4n) is 5.15. The van der Waals surface area contributed by atoms with Crippen molar-refractivity contribution < 1.29 is 4.79 Å². The van der Waals surface area contributed by atoms with Gasteiger partial charge >= 0.3 is 0 Å².